The van der Waals surface area contributed by atoms with Gasteiger partial charge in [0.05, 0.1) is 11.4 Å². The number of benzene rings is 2. The third-order valence-corrected chi connectivity index (χ3v) is 4.18. The first-order valence-corrected chi connectivity index (χ1v) is 8.32. The number of hydrogen-bond donors (Lipinski definition) is 0. The molecule has 2 aromatic rings. The van der Waals surface area contributed by atoms with Crippen molar-refractivity contribution in [3.05, 3.63) is 59.7 Å². The monoisotopic (exact) mass is 366 g/mol. The zero-order chi connectivity index (χ0) is 19.7. The second-order valence-corrected chi connectivity index (χ2v) is 6.24. The van der Waals surface area contributed by atoms with E-state index in [9.17, 15) is 19.2 Å². The molecule has 4 amide bonds. The molecule has 0 bridgehead atoms. The lowest BCUT2D eigenvalue weighted by molar-refractivity contribution is -0.158. The molecule has 1 fully saturated rings. The van der Waals surface area contributed by atoms with E-state index in [4.69, 9.17) is 4.74 Å². The van der Waals surface area contributed by atoms with Crippen molar-refractivity contribution >= 4 is 35.2 Å². The molecule has 7 heteroatoms. The molecule has 1 heterocycles. The minimum absolute atomic E-state index is 0.285. The van der Waals surface area contributed by atoms with Crippen LogP contribution in [0.4, 0.5) is 16.2 Å². The van der Waals surface area contributed by atoms with Crippen molar-refractivity contribution < 1.29 is 23.9 Å². The molecule has 0 aliphatic carbocycles. The highest BCUT2D eigenvalue weighted by Gasteiger charge is 2.49. The molecule has 1 atom stereocenters. The summed E-state index contributed by atoms with van der Waals surface area (Å²) in [6.45, 7) is 4.68. The number of hydrogen-bond acceptors (Lipinski definition) is 5. The number of ether oxygens (including phenoxy) is 1. The molecule has 1 saturated heterocycles. The van der Waals surface area contributed by atoms with Crippen LogP contribution in [-0.2, 0) is 19.1 Å². The highest BCUT2D eigenvalue weighted by Crippen LogP contribution is 2.30. The summed E-state index contributed by atoms with van der Waals surface area (Å²) in [5.74, 6) is -2.57. The first kappa shape index (κ1) is 18.3. The summed E-state index contributed by atoms with van der Waals surface area (Å²) in [6, 6.07) is 12.7. The van der Waals surface area contributed by atoms with Crippen molar-refractivity contribution in [2.45, 2.75) is 26.9 Å². The normalized spacial score (nSPS) is 17.3. The van der Waals surface area contributed by atoms with E-state index in [0.717, 1.165) is 22.3 Å². The SMILES string of the molecule is CC(=O)OC1C(=O)N(c2ccccc2)C(=O)N(c2cc(C)ccc2C)C1=O. The summed E-state index contributed by atoms with van der Waals surface area (Å²) >= 11 is 0. The molecular formula is C20H18N2O5. The predicted molar refractivity (Wildman–Crippen MR) is 98.3 cm³/mol. The minimum atomic E-state index is -1.72. The van der Waals surface area contributed by atoms with Gasteiger partial charge in [-0.15, -0.1) is 0 Å². The van der Waals surface area contributed by atoms with Gasteiger partial charge in [0.25, 0.3) is 17.9 Å². The quantitative estimate of drug-likeness (QED) is 0.616. The van der Waals surface area contributed by atoms with Crippen LogP contribution in [0.2, 0.25) is 0 Å². The van der Waals surface area contributed by atoms with E-state index in [0.29, 0.717) is 11.3 Å². The molecule has 1 aliphatic rings. The van der Waals surface area contributed by atoms with Crippen molar-refractivity contribution in [3.8, 4) is 0 Å². The van der Waals surface area contributed by atoms with Gasteiger partial charge in [-0.2, -0.15) is 0 Å². The van der Waals surface area contributed by atoms with Crippen LogP contribution in [0.3, 0.4) is 0 Å². The minimum Gasteiger partial charge on any atom is -0.442 e. The molecule has 0 N–H and O–H groups in total. The molecule has 7 nitrogen and oxygen atoms in total. The number of carbonyl (C=O) groups is 4. The number of barbiturate groups is 1. The van der Waals surface area contributed by atoms with Gasteiger partial charge in [-0.25, -0.2) is 14.6 Å². The number of imide groups is 2. The van der Waals surface area contributed by atoms with Gasteiger partial charge in [0.1, 0.15) is 0 Å². The van der Waals surface area contributed by atoms with E-state index in [2.05, 4.69) is 0 Å². The van der Waals surface area contributed by atoms with Gasteiger partial charge in [-0.1, -0.05) is 30.3 Å². The van der Waals surface area contributed by atoms with Gasteiger partial charge in [0.2, 0.25) is 0 Å². The van der Waals surface area contributed by atoms with Gasteiger partial charge in [0, 0.05) is 6.92 Å². The Morgan fingerprint density at radius 3 is 2.19 bits per heavy atom. The van der Waals surface area contributed by atoms with E-state index in [-0.39, 0.29) is 5.69 Å². The Morgan fingerprint density at radius 2 is 1.56 bits per heavy atom. The molecule has 2 aromatic carbocycles. The van der Waals surface area contributed by atoms with Crippen LogP contribution in [-0.4, -0.2) is 29.9 Å². The Balaban J connectivity index is 2.15. The van der Waals surface area contributed by atoms with Gasteiger partial charge in [-0.3, -0.25) is 14.4 Å². The second kappa shape index (κ2) is 7.03. The number of esters is 1. The summed E-state index contributed by atoms with van der Waals surface area (Å²) in [7, 11) is 0. The van der Waals surface area contributed by atoms with Crippen LogP contribution >= 0.6 is 0 Å². The van der Waals surface area contributed by atoms with Crippen LogP contribution in [0.1, 0.15) is 18.1 Å². The van der Waals surface area contributed by atoms with E-state index >= 15 is 0 Å². The molecule has 0 saturated carbocycles. The van der Waals surface area contributed by atoms with E-state index < -0.39 is 29.9 Å². The molecule has 1 aliphatic heterocycles. The fraction of sp³-hybridized carbons (Fsp3) is 0.200. The zero-order valence-electron chi connectivity index (χ0n) is 15.1. The molecule has 27 heavy (non-hydrogen) atoms. The van der Waals surface area contributed by atoms with E-state index in [1.807, 2.05) is 13.0 Å². The molecule has 0 radical (unpaired) electrons. The molecule has 0 spiro atoms. The molecular weight excluding hydrogens is 348 g/mol. The maximum atomic E-state index is 13.1. The van der Waals surface area contributed by atoms with E-state index in [1.165, 1.54) is 0 Å². The first-order valence-electron chi connectivity index (χ1n) is 8.32. The van der Waals surface area contributed by atoms with Crippen LogP contribution in [0, 0.1) is 13.8 Å². The number of anilines is 2. The highest BCUT2D eigenvalue weighted by molar-refractivity contribution is 6.38. The first-order chi connectivity index (χ1) is 12.8. The summed E-state index contributed by atoms with van der Waals surface area (Å²) in [5, 5.41) is 0. The van der Waals surface area contributed by atoms with Crippen LogP contribution < -0.4 is 9.80 Å². The van der Waals surface area contributed by atoms with Gasteiger partial charge in [-0.05, 0) is 43.2 Å². The molecule has 0 aromatic heterocycles. The Labute approximate surface area is 156 Å². The largest absolute Gasteiger partial charge is 0.442 e. The summed E-state index contributed by atoms with van der Waals surface area (Å²) < 4.78 is 4.96. The molecule has 3 rings (SSSR count). The van der Waals surface area contributed by atoms with Crippen molar-refractivity contribution in [1.82, 2.24) is 0 Å². The number of carbonyl (C=O) groups excluding carboxylic acids is 4. The van der Waals surface area contributed by atoms with Gasteiger partial charge >= 0.3 is 12.0 Å². The fourth-order valence-corrected chi connectivity index (χ4v) is 2.89. The van der Waals surface area contributed by atoms with Crippen LogP contribution in [0.5, 0.6) is 0 Å². The van der Waals surface area contributed by atoms with Crippen LogP contribution in [0.25, 0.3) is 0 Å². The Kier molecular flexibility index (Phi) is 4.77. The molecule has 138 valence electrons. The lowest BCUT2D eigenvalue weighted by atomic mass is 10.1. The van der Waals surface area contributed by atoms with Gasteiger partial charge < -0.3 is 4.74 Å². The van der Waals surface area contributed by atoms with Crippen molar-refractivity contribution in [3.63, 3.8) is 0 Å². The second-order valence-electron chi connectivity index (χ2n) is 6.24. The summed E-state index contributed by atoms with van der Waals surface area (Å²) in [4.78, 5) is 52.0. The Bertz CT molecular complexity index is 939. The van der Waals surface area contributed by atoms with Gasteiger partial charge in [0.15, 0.2) is 0 Å². The predicted octanol–water partition coefficient (Wildman–Crippen LogP) is 2.73. The number of rotatable bonds is 3. The fourth-order valence-electron chi connectivity index (χ4n) is 2.89. The maximum absolute atomic E-state index is 13.1. The summed E-state index contributed by atoms with van der Waals surface area (Å²) in [5.41, 5.74) is 2.14. The maximum Gasteiger partial charge on any atom is 0.342 e. The lowest BCUT2D eigenvalue weighted by Gasteiger charge is -2.36. The summed E-state index contributed by atoms with van der Waals surface area (Å²) in [6.07, 6.45) is -1.72. The molecule has 1 unspecified atom stereocenters. The van der Waals surface area contributed by atoms with Crippen LogP contribution in [0.15, 0.2) is 48.5 Å². The number of para-hydroxylation sites is 1. The average Bonchev–Trinajstić information content (AvgIpc) is 2.62. The van der Waals surface area contributed by atoms with Crippen molar-refractivity contribution in [2.75, 3.05) is 9.80 Å². The third kappa shape index (κ3) is 3.31. The average molecular weight is 366 g/mol. The lowest BCUT2D eigenvalue weighted by Crippen LogP contribution is -2.64. The topological polar surface area (TPSA) is 84.0 Å². The third-order valence-electron chi connectivity index (χ3n) is 4.18. The number of aryl methyl sites for hydroxylation is 2. The smallest absolute Gasteiger partial charge is 0.342 e. The Hall–Kier alpha value is -3.48. The Morgan fingerprint density at radius 1 is 0.926 bits per heavy atom. The highest BCUT2D eigenvalue weighted by atomic mass is 16.6. The van der Waals surface area contributed by atoms with Crippen molar-refractivity contribution in [1.29, 1.82) is 0 Å². The number of nitrogens with zero attached hydrogens (tertiary/aromatic N) is 2. The zero-order valence-corrected chi connectivity index (χ0v) is 15.1. The standard InChI is InChI=1S/C20H18N2O5/c1-12-9-10-13(2)16(11-12)22-19(25)17(27-14(3)23)18(24)21(20(22)26)15-7-5-4-6-8-15/h4-11,17H,1-3H3. The van der Waals surface area contributed by atoms with E-state index in [1.54, 1.807) is 49.4 Å². The van der Waals surface area contributed by atoms with Crippen molar-refractivity contribution in [2.24, 2.45) is 0 Å². The number of urea groups is 1. The number of amides is 4.